The molecule has 3 aromatic carbocycles. The van der Waals surface area contributed by atoms with Crippen LogP contribution in [-0.4, -0.2) is 24.0 Å². The van der Waals surface area contributed by atoms with Crippen molar-refractivity contribution < 1.29 is 0 Å². The van der Waals surface area contributed by atoms with Gasteiger partial charge < -0.3 is 6.15 Å². The van der Waals surface area contributed by atoms with Crippen molar-refractivity contribution in [3.63, 3.8) is 0 Å². The molecule has 3 N–H and O–H groups in total. The molecule has 0 aromatic heterocycles. The summed E-state index contributed by atoms with van der Waals surface area (Å²) in [6.45, 7) is 2.52. The standard InChI is InChI=1S/C27H27N.H3N/c1-3-10-23(11-4-1)27(24-12-5-2-6-13-24,26-21-8-7-9-22(26)19-21)25-18-20-14-16-28(25)17-15-20;/h1-13,20,25H,14-19H2;1H3. The summed E-state index contributed by atoms with van der Waals surface area (Å²) in [7, 11) is 0. The monoisotopic (exact) mass is 382 g/mol. The lowest BCUT2D eigenvalue weighted by atomic mass is 9.55. The Morgan fingerprint density at radius 2 is 1.24 bits per heavy atom. The number of nitrogens with zero attached hydrogens (tertiary/aromatic N) is 1. The Balaban J connectivity index is 0.00000181. The molecule has 2 heteroatoms. The Morgan fingerprint density at radius 3 is 1.69 bits per heavy atom. The molecular weight excluding hydrogens is 352 g/mol. The van der Waals surface area contributed by atoms with Gasteiger partial charge in [-0.1, -0.05) is 78.9 Å². The maximum Gasteiger partial charge on any atom is 0.0612 e. The van der Waals surface area contributed by atoms with Crippen molar-refractivity contribution in [2.24, 2.45) is 5.92 Å². The van der Waals surface area contributed by atoms with E-state index in [0.717, 1.165) is 12.3 Å². The Kier molecular flexibility index (Phi) is 4.57. The Hall–Kier alpha value is -2.42. The van der Waals surface area contributed by atoms with Crippen LogP contribution < -0.4 is 6.15 Å². The molecular formula is C27H30N2. The van der Waals surface area contributed by atoms with Gasteiger partial charge in [0.05, 0.1) is 5.41 Å². The molecule has 0 radical (unpaired) electrons. The Bertz CT molecular complexity index is 928. The molecule has 0 saturated carbocycles. The summed E-state index contributed by atoms with van der Waals surface area (Å²) in [5.41, 5.74) is 7.57. The van der Waals surface area contributed by atoms with Gasteiger partial charge in [-0.3, -0.25) is 4.90 Å². The first-order chi connectivity index (χ1) is 13.9. The average molecular weight is 383 g/mol. The van der Waals surface area contributed by atoms with Gasteiger partial charge in [0.2, 0.25) is 0 Å². The summed E-state index contributed by atoms with van der Waals surface area (Å²) in [5, 5.41) is 0. The van der Waals surface area contributed by atoms with E-state index in [9.17, 15) is 0 Å². The Labute approximate surface area is 174 Å². The van der Waals surface area contributed by atoms with E-state index in [2.05, 4.69) is 83.8 Å². The van der Waals surface area contributed by atoms with E-state index < -0.39 is 0 Å². The summed E-state index contributed by atoms with van der Waals surface area (Å²) in [4.78, 5) is 2.81. The predicted molar refractivity (Wildman–Crippen MR) is 120 cm³/mol. The van der Waals surface area contributed by atoms with Crippen LogP contribution in [0.15, 0.2) is 78.9 Å². The van der Waals surface area contributed by atoms with Crippen molar-refractivity contribution in [2.45, 2.75) is 37.1 Å². The predicted octanol–water partition coefficient (Wildman–Crippen LogP) is 5.57. The molecule has 3 saturated heterocycles. The van der Waals surface area contributed by atoms with E-state index in [4.69, 9.17) is 0 Å². The van der Waals surface area contributed by atoms with Crippen molar-refractivity contribution in [3.05, 3.63) is 107 Å². The molecule has 5 aliphatic rings. The molecule has 3 aliphatic heterocycles. The molecule has 2 nitrogen and oxygen atoms in total. The summed E-state index contributed by atoms with van der Waals surface area (Å²) in [6, 6.07) is 30.3. The van der Waals surface area contributed by atoms with Gasteiger partial charge in [-0.15, -0.1) is 0 Å². The number of benzene rings is 3. The third-order valence-electron chi connectivity index (χ3n) is 7.62. The maximum absolute atomic E-state index is 2.81. The molecule has 3 aromatic rings. The van der Waals surface area contributed by atoms with Crippen LogP contribution in [-0.2, 0) is 11.8 Å². The van der Waals surface area contributed by atoms with Crippen LogP contribution in [0.1, 0.15) is 47.1 Å². The first kappa shape index (κ1) is 18.6. The molecule has 1 atom stereocenters. The fraction of sp³-hybridized carbons (Fsp3) is 0.333. The first-order valence-electron chi connectivity index (χ1n) is 10.8. The summed E-state index contributed by atoms with van der Waals surface area (Å²) < 4.78 is 0. The highest BCUT2D eigenvalue weighted by atomic mass is 15.2. The Morgan fingerprint density at radius 1 is 0.690 bits per heavy atom. The number of fused-ring (bicyclic) bond motifs is 5. The van der Waals surface area contributed by atoms with Crippen molar-refractivity contribution in [1.82, 2.24) is 11.1 Å². The average Bonchev–Trinajstić information content (AvgIpc) is 2.79. The second kappa shape index (κ2) is 7.12. The van der Waals surface area contributed by atoms with Gasteiger partial charge in [-0.2, -0.15) is 0 Å². The van der Waals surface area contributed by atoms with Gasteiger partial charge >= 0.3 is 0 Å². The number of piperidine rings is 3. The van der Waals surface area contributed by atoms with E-state index in [-0.39, 0.29) is 11.6 Å². The molecule has 1 unspecified atom stereocenters. The van der Waals surface area contributed by atoms with Crippen molar-refractivity contribution >= 4 is 0 Å². The second-order valence-electron chi connectivity index (χ2n) is 8.90. The second-order valence-corrected chi connectivity index (χ2v) is 8.90. The molecule has 3 fully saturated rings. The normalized spacial score (nSPS) is 24.5. The third-order valence-corrected chi connectivity index (χ3v) is 7.62. The molecule has 4 bridgehead atoms. The number of hydrogen-bond donors (Lipinski definition) is 1. The highest BCUT2D eigenvalue weighted by Crippen LogP contribution is 2.54. The third kappa shape index (κ3) is 2.63. The number of rotatable bonds is 4. The van der Waals surface area contributed by atoms with Gasteiger partial charge in [-0.25, -0.2) is 0 Å². The lowest BCUT2D eigenvalue weighted by Crippen LogP contribution is -2.60. The van der Waals surface area contributed by atoms with E-state index in [1.807, 2.05) is 0 Å². The smallest absolute Gasteiger partial charge is 0.0612 e. The van der Waals surface area contributed by atoms with Gasteiger partial charge in [0.15, 0.2) is 0 Å². The molecule has 148 valence electrons. The van der Waals surface area contributed by atoms with Crippen molar-refractivity contribution in [2.75, 3.05) is 13.1 Å². The van der Waals surface area contributed by atoms with Crippen LogP contribution in [0, 0.1) is 5.92 Å². The lowest BCUT2D eigenvalue weighted by molar-refractivity contribution is 0.0229. The largest absolute Gasteiger partial charge is 0.344 e. The fourth-order valence-corrected chi connectivity index (χ4v) is 6.38. The van der Waals surface area contributed by atoms with Crippen LogP contribution in [0.5, 0.6) is 0 Å². The van der Waals surface area contributed by atoms with Crippen molar-refractivity contribution in [3.8, 4) is 0 Å². The minimum absolute atomic E-state index is 0. The minimum Gasteiger partial charge on any atom is -0.344 e. The SMILES string of the molecule is C1=CC2=C(C(c3ccccc3)(c3ccccc3)C3CC4CCN3CC4)C(=C1)C2.N. The van der Waals surface area contributed by atoms with E-state index >= 15 is 0 Å². The zero-order valence-electron chi connectivity index (χ0n) is 17.1. The van der Waals surface area contributed by atoms with Crippen LogP contribution in [0.2, 0.25) is 0 Å². The molecule has 0 amide bonds. The van der Waals surface area contributed by atoms with Crippen LogP contribution in [0.25, 0.3) is 0 Å². The van der Waals surface area contributed by atoms with Crippen LogP contribution in [0.3, 0.4) is 0 Å². The van der Waals surface area contributed by atoms with Crippen LogP contribution in [0.4, 0.5) is 0 Å². The van der Waals surface area contributed by atoms with E-state index in [1.165, 1.54) is 43.5 Å². The topological polar surface area (TPSA) is 38.2 Å². The van der Waals surface area contributed by atoms with Crippen LogP contribution >= 0.6 is 0 Å². The molecule has 8 rings (SSSR count). The van der Waals surface area contributed by atoms with Gasteiger partial charge in [0.25, 0.3) is 0 Å². The minimum atomic E-state index is -0.0637. The highest BCUT2D eigenvalue weighted by Gasteiger charge is 2.53. The van der Waals surface area contributed by atoms with Crippen molar-refractivity contribution in [1.29, 1.82) is 0 Å². The molecule has 3 heterocycles. The highest BCUT2D eigenvalue weighted by molar-refractivity contribution is 5.63. The summed E-state index contributed by atoms with van der Waals surface area (Å²) in [6.07, 6.45) is 5.22. The number of hydrogen-bond acceptors (Lipinski definition) is 2. The zero-order chi connectivity index (χ0) is 18.6. The van der Waals surface area contributed by atoms with Gasteiger partial charge in [0.1, 0.15) is 0 Å². The molecule has 2 aliphatic carbocycles. The molecule has 29 heavy (non-hydrogen) atoms. The van der Waals surface area contributed by atoms with Gasteiger partial charge in [-0.05, 0) is 72.5 Å². The van der Waals surface area contributed by atoms with Gasteiger partial charge in [0, 0.05) is 6.04 Å². The molecule has 0 spiro atoms. The quantitative estimate of drug-likeness (QED) is 0.469. The fourth-order valence-electron chi connectivity index (χ4n) is 6.38. The van der Waals surface area contributed by atoms with E-state index in [1.54, 1.807) is 16.7 Å². The maximum atomic E-state index is 2.81. The summed E-state index contributed by atoms with van der Waals surface area (Å²) in [5.74, 6) is 0.886. The summed E-state index contributed by atoms with van der Waals surface area (Å²) >= 11 is 0. The van der Waals surface area contributed by atoms with E-state index in [0.29, 0.717) is 6.04 Å². The zero-order valence-corrected chi connectivity index (χ0v) is 17.1. The first-order valence-corrected chi connectivity index (χ1v) is 10.8. The lowest BCUT2D eigenvalue weighted by Gasteiger charge is -2.56.